The summed E-state index contributed by atoms with van der Waals surface area (Å²) in [6.07, 6.45) is 3.68. The summed E-state index contributed by atoms with van der Waals surface area (Å²) in [6, 6.07) is 8.70. The number of likely N-dealkylation sites (tertiary alicyclic amines) is 1. The number of aliphatic hydroxyl groups is 1. The van der Waals surface area contributed by atoms with Crippen LogP contribution in [-0.2, 0) is 6.42 Å². The van der Waals surface area contributed by atoms with E-state index >= 15 is 0 Å². The number of piperidine rings is 1. The molecular formula is C16H26N2O. The van der Waals surface area contributed by atoms with E-state index in [-0.39, 0.29) is 6.10 Å². The number of aryl methyl sites for hydroxylation is 1. The maximum Gasteiger partial charge on any atom is 0.0802 e. The molecule has 1 aromatic carbocycles. The third-order valence-electron chi connectivity index (χ3n) is 4.12. The Bertz CT molecular complexity index is 369. The van der Waals surface area contributed by atoms with Gasteiger partial charge < -0.3 is 15.7 Å². The zero-order valence-corrected chi connectivity index (χ0v) is 11.9. The Hall–Kier alpha value is -0.900. The minimum Gasteiger partial charge on any atom is -0.388 e. The van der Waals surface area contributed by atoms with Crippen LogP contribution >= 0.6 is 0 Å². The van der Waals surface area contributed by atoms with Gasteiger partial charge in [0.2, 0.25) is 0 Å². The summed E-state index contributed by atoms with van der Waals surface area (Å²) >= 11 is 0. The molecule has 0 saturated carbocycles. The Morgan fingerprint density at radius 2 is 1.89 bits per heavy atom. The van der Waals surface area contributed by atoms with Gasteiger partial charge in [-0.2, -0.15) is 0 Å². The van der Waals surface area contributed by atoms with Gasteiger partial charge in [0.25, 0.3) is 0 Å². The number of hydrogen-bond acceptors (Lipinski definition) is 3. The summed E-state index contributed by atoms with van der Waals surface area (Å²) in [5.74, 6) is 0. The zero-order chi connectivity index (χ0) is 13.7. The lowest BCUT2D eigenvalue weighted by Gasteiger charge is -2.30. The summed E-state index contributed by atoms with van der Waals surface area (Å²) < 4.78 is 0. The number of benzene rings is 1. The van der Waals surface area contributed by atoms with Crippen molar-refractivity contribution in [2.75, 3.05) is 19.6 Å². The smallest absolute Gasteiger partial charge is 0.0802 e. The average Bonchev–Trinajstić information content (AvgIpc) is 2.46. The second-order valence-electron chi connectivity index (χ2n) is 5.58. The van der Waals surface area contributed by atoms with Crippen LogP contribution in [0.15, 0.2) is 24.3 Å². The quantitative estimate of drug-likeness (QED) is 0.854. The van der Waals surface area contributed by atoms with Crippen molar-refractivity contribution >= 4 is 0 Å². The van der Waals surface area contributed by atoms with Gasteiger partial charge in [0, 0.05) is 12.6 Å². The van der Waals surface area contributed by atoms with Crippen LogP contribution in [0.3, 0.4) is 0 Å². The van der Waals surface area contributed by atoms with Crippen molar-refractivity contribution in [1.29, 1.82) is 0 Å². The second-order valence-corrected chi connectivity index (χ2v) is 5.58. The van der Waals surface area contributed by atoms with Gasteiger partial charge in [0.1, 0.15) is 0 Å². The number of hydrogen-bond donors (Lipinski definition) is 2. The Morgan fingerprint density at radius 1 is 1.26 bits per heavy atom. The van der Waals surface area contributed by atoms with Crippen LogP contribution in [0, 0.1) is 0 Å². The molecule has 0 aliphatic carbocycles. The highest BCUT2D eigenvalue weighted by Gasteiger charge is 2.17. The van der Waals surface area contributed by atoms with Gasteiger partial charge in [0.05, 0.1) is 6.10 Å². The van der Waals surface area contributed by atoms with Crippen LogP contribution < -0.4 is 5.73 Å². The van der Waals surface area contributed by atoms with Gasteiger partial charge >= 0.3 is 0 Å². The second kappa shape index (κ2) is 7.04. The minimum absolute atomic E-state index is 0.346. The zero-order valence-electron chi connectivity index (χ0n) is 11.9. The molecule has 1 aliphatic rings. The van der Waals surface area contributed by atoms with Crippen molar-refractivity contribution in [2.24, 2.45) is 5.73 Å². The van der Waals surface area contributed by atoms with E-state index in [2.05, 4.69) is 36.1 Å². The van der Waals surface area contributed by atoms with Gasteiger partial charge in [-0.15, -0.1) is 0 Å². The average molecular weight is 262 g/mol. The van der Waals surface area contributed by atoms with Gasteiger partial charge in [-0.1, -0.05) is 31.2 Å². The number of nitrogens with two attached hydrogens (primary N) is 1. The molecule has 1 fully saturated rings. The van der Waals surface area contributed by atoms with Gasteiger partial charge in [-0.3, -0.25) is 0 Å². The van der Waals surface area contributed by atoms with Crippen molar-refractivity contribution in [2.45, 2.75) is 44.8 Å². The maximum absolute atomic E-state index is 10.2. The summed E-state index contributed by atoms with van der Waals surface area (Å²) in [5, 5.41) is 10.2. The van der Waals surface area contributed by atoms with Crippen molar-refractivity contribution in [3.8, 4) is 0 Å². The van der Waals surface area contributed by atoms with Crippen LogP contribution in [0.1, 0.15) is 43.4 Å². The molecule has 3 heteroatoms. The van der Waals surface area contributed by atoms with Crippen molar-refractivity contribution in [3.05, 3.63) is 35.4 Å². The third-order valence-corrected chi connectivity index (χ3v) is 4.12. The molecule has 19 heavy (non-hydrogen) atoms. The van der Waals surface area contributed by atoms with Crippen molar-refractivity contribution in [3.63, 3.8) is 0 Å². The van der Waals surface area contributed by atoms with Crippen LogP contribution in [0.2, 0.25) is 0 Å². The molecular weight excluding hydrogens is 236 g/mol. The normalized spacial score (nSPS) is 19.5. The Labute approximate surface area is 116 Å². The van der Waals surface area contributed by atoms with E-state index in [1.807, 2.05) is 0 Å². The number of rotatable bonds is 5. The van der Waals surface area contributed by atoms with E-state index in [1.54, 1.807) is 0 Å². The van der Waals surface area contributed by atoms with Crippen LogP contribution in [-0.4, -0.2) is 35.7 Å². The largest absolute Gasteiger partial charge is 0.388 e. The van der Waals surface area contributed by atoms with Gasteiger partial charge in [0.15, 0.2) is 0 Å². The predicted octanol–water partition coefficient (Wildman–Crippen LogP) is 2.10. The summed E-state index contributed by atoms with van der Waals surface area (Å²) in [6.45, 7) is 5.25. The van der Waals surface area contributed by atoms with Crippen molar-refractivity contribution < 1.29 is 5.11 Å². The van der Waals surface area contributed by atoms with Crippen LogP contribution in [0.4, 0.5) is 0 Å². The first-order valence-electron chi connectivity index (χ1n) is 7.44. The highest BCUT2D eigenvalue weighted by Crippen LogP contribution is 2.19. The molecule has 2 rings (SSSR count). The molecule has 1 aliphatic heterocycles. The molecule has 1 heterocycles. The van der Waals surface area contributed by atoms with Gasteiger partial charge in [-0.05, 0) is 49.9 Å². The lowest BCUT2D eigenvalue weighted by Crippen LogP contribution is -2.40. The molecule has 0 amide bonds. The van der Waals surface area contributed by atoms with Crippen LogP contribution in [0.25, 0.3) is 0 Å². The highest BCUT2D eigenvalue weighted by molar-refractivity contribution is 5.24. The lowest BCUT2D eigenvalue weighted by atomic mass is 10.0. The van der Waals surface area contributed by atoms with E-state index in [0.29, 0.717) is 6.04 Å². The predicted molar refractivity (Wildman–Crippen MR) is 79.0 cm³/mol. The van der Waals surface area contributed by atoms with E-state index in [4.69, 9.17) is 5.73 Å². The molecule has 106 valence electrons. The SMILES string of the molecule is CCc1ccc(C(O)CCN2CCC(N)CC2)cc1. The standard InChI is InChI=1S/C16H26N2O/c1-2-13-3-5-14(6-4-13)16(19)9-12-18-10-7-15(17)8-11-18/h3-6,15-16,19H,2,7-12,17H2,1H3. The third kappa shape index (κ3) is 4.30. The molecule has 1 unspecified atom stereocenters. The molecule has 0 bridgehead atoms. The van der Waals surface area contributed by atoms with Gasteiger partial charge in [-0.25, -0.2) is 0 Å². The molecule has 1 saturated heterocycles. The van der Waals surface area contributed by atoms with E-state index in [9.17, 15) is 5.11 Å². The van der Waals surface area contributed by atoms with Crippen LogP contribution in [0.5, 0.6) is 0 Å². The van der Waals surface area contributed by atoms with E-state index in [0.717, 1.165) is 50.9 Å². The highest BCUT2D eigenvalue weighted by atomic mass is 16.3. The molecule has 0 aromatic heterocycles. The molecule has 0 spiro atoms. The lowest BCUT2D eigenvalue weighted by molar-refractivity contribution is 0.131. The fourth-order valence-corrected chi connectivity index (χ4v) is 2.62. The first kappa shape index (κ1) is 14.5. The first-order valence-corrected chi connectivity index (χ1v) is 7.44. The molecule has 0 radical (unpaired) electrons. The van der Waals surface area contributed by atoms with E-state index in [1.165, 1.54) is 5.56 Å². The molecule has 3 N–H and O–H groups in total. The minimum atomic E-state index is -0.346. The van der Waals surface area contributed by atoms with E-state index < -0.39 is 0 Å². The molecule has 1 aromatic rings. The fraction of sp³-hybridized carbons (Fsp3) is 0.625. The Morgan fingerprint density at radius 3 is 2.47 bits per heavy atom. The molecule has 1 atom stereocenters. The Balaban J connectivity index is 1.78. The topological polar surface area (TPSA) is 49.5 Å². The number of nitrogens with zero attached hydrogens (tertiary/aromatic N) is 1. The summed E-state index contributed by atoms with van der Waals surface area (Å²) in [4.78, 5) is 2.41. The maximum atomic E-state index is 10.2. The summed E-state index contributed by atoms with van der Waals surface area (Å²) in [5.41, 5.74) is 8.25. The Kier molecular flexibility index (Phi) is 5.37. The molecule has 3 nitrogen and oxygen atoms in total. The number of aliphatic hydroxyl groups excluding tert-OH is 1. The summed E-state index contributed by atoms with van der Waals surface area (Å²) in [7, 11) is 0. The fourth-order valence-electron chi connectivity index (χ4n) is 2.62. The monoisotopic (exact) mass is 262 g/mol. The van der Waals surface area contributed by atoms with Crippen molar-refractivity contribution in [1.82, 2.24) is 4.90 Å². The first-order chi connectivity index (χ1) is 9.19.